The summed E-state index contributed by atoms with van der Waals surface area (Å²) in [7, 11) is 0. The summed E-state index contributed by atoms with van der Waals surface area (Å²) in [4.78, 5) is 22.7. The maximum atomic E-state index is 12.5. The molecule has 1 amide bonds. The predicted octanol–water partition coefficient (Wildman–Crippen LogP) is 3.36. The van der Waals surface area contributed by atoms with Crippen LogP contribution in [-0.2, 0) is 9.59 Å². The van der Waals surface area contributed by atoms with Gasteiger partial charge in [-0.3, -0.25) is 9.59 Å². The Bertz CT molecular complexity index is 399. The van der Waals surface area contributed by atoms with Gasteiger partial charge in [0.05, 0.1) is 11.3 Å². The van der Waals surface area contributed by atoms with E-state index in [9.17, 15) is 22.8 Å². The van der Waals surface area contributed by atoms with E-state index in [-0.39, 0.29) is 37.6 Å². The van der Waals surface area contributed by atoms with Crippen molar-refractivity contribution in [2.45, 2.75) is 58.5 Å². The average Bonchev–Trinajstić information content (AvgIpc) is 2.37. The van der Waals surface area contributed by atoms with E-state index >= 15 is 0 Å². The Labute approximate surface area is 128 Å². The predicted molar refractivity (Wildman–Crippen MR) is 75.2 cm³/mol. The van der Waals surface area contributed by atoms with Crippen LogP contribution in [0, 0.1) is 17.3 Å². The third kappa shape index (κ3) is 5.85. The molecule has 0 aromatic heterocycles. The van der Waals surface area contributed by atoms with Crippen LogP contribution in [0.25, 0.3) is 0 Å². The topological polar surface area (TPSA) is 66.4 Å². The fraction of sp³-hybridized carbons (Fsp3) is 0.867. The van der Waals surface area contributed by atoms with Gasteiger partial charge in [-0.05, 0) is 51.9 Å². The Kier molecular flexibility index (Phi) is 6.26. The summed E-state index contributed by atoms with van der Waals surface area (Å²) in [5.74, 6) is -2.38. The highest BCUT2D eigenvalue weighted by Crippen LogP contribution is 2.40. The van der Waals surface area contributed by atoms with E-state index in [1.807, 2.05) is 0 Å². The summed E-state index contributed by atoms with van der Waals surface area (Å²) in [6, 6.07) is 0. The molecule has 1 rings (SSSR count). The molecule has 0 aliphatic heterocycles. The van der Waals surface area contributed by atoms with Gasteiger partial charge in [0.25, 0.3) is 0 Å². The molecule has 0 aromatic carbocycles. The van der Waals surface area contributed by atoms with Gasteiger partial charge in [0.2, 0.25) is 5.91 Å². The zero-order valence-electron chi connectivity index (χ0n) is 13.0. The number of carbonyl (C=O) groups excluding carboxylic acids is 1. The van der Waals surface area contributed by atoms with Crippen molar-refractivity contribution in [3.63, 3.8) is 0 Å². The summed E-state index contributed by atoms with van der Waals surface area (Å²) in [6.45, 7) is 3.43. The number of carboxylic acids is 1. The van der Waals surface area contributed by atoms with Crippen molar-refractivity contribution in [3.05, 3.63) is 0 Å². The van der Waals surface area contributed by atoms with E-state index in [0.717, 1.165) is 0 Å². The fourth-order valence-electron chi connectivity index (χ4n) is 2.65. The molecular weight excluding hydrogens is 299 g/mol. The van der Waals surface area contributed by atoms with Gasteiger partial charge in [0.1, 0.15) is 0 Å². The minimum Gasteiger partial charge on any atom is -0.481 e. The number of nitrogens with one attached hydrogen (secondary N) is 1. The quantitative estimate of drug-likeness (QED) is 0.787. The Morgan fingerprint density at radius 1 is 1.14 bits per heavy atom. The van der Waals surface area contributed by atoms with Crippen LogP contribution in [-0.4, -0.2) is 29.7 Å². The lowest BCUT2D eigenvalue weighted by atomic mass is 9.80. The smallest absolute Gasteiger partial charge is 0.391 e. The minimum atomic E-state index is -4.13. The van der Waals surface area contributed by atoms with Crippen LogP contribution in [0.15, 0.2) is 0 Å². The molecule has 0 saturated heterocycles. The van der Waals surface area contributed by atoms with Gasteiger partial charge in [-0.1, -0.05) is 0 Å². The summed E-state index contributed by atoms with van der Waals surface area (Å²) >= 11 is 0. The van der Waals surface area contributed by atoms with Crippen LogP contribution >= 0.6 is 0 Å². The third-order valence-electron chi connectivity index (χ3n) is 4.43. The molecule has 1 saturated carbocycles. The lowest BCUT2D eigenvalue weighted by Crippen LogP contribution is -2.34. The fourth-order valence-corrected chi connectivity index (χ4v) is 2.65. The maximum Gasteiger partial charge on any atom is 0.391 e. The van der Waals surface area contributed by atoms with Crippen molar-refractivity contribution in [3.8, 4) is 0 Å². The number of alkyl halides is 3. The molecule has 0 heterocycles. The van der Waals surface area contributed by atoms with E-state index in [1.54, 1.807) is 13.8 Å². The number of carbonyl (C=O) groups is 2. The molecule has 0 unspecified atom stereocenters. The second-order valence-corrected chi connectivity index (χ2v) is 6.75. The van der Waals surface area contributed by atoms with Crippen LogP contribution in [0.2, 0.25) is 0 Å². The Hall–Kier alpha value is -1.27. The molecule has 0 atom stereocenters. The second kappa shape index (κ2) is 7.33. The number of hydrogen-bond donors (Lipinski definition) is 2. The van der Waals surface area contributed by atoms with Gasteiger partial charge < -0.3 is 10.4 Å². The van der Waals surface area contributed by atoms with E-state index in [2.05, 4.69) is 5.32 Å². The van der Waals surface area contributed by atoms with Crippen LogP contribution in [0.4, 0.5) is 13.2 Å². The largest absolute Gasteiger partial charge is 0.481 e. The van der Waals surface area contributed by atoms with Crippen LogP contribution in [0.3, 0.4) is 0 Å². The molecule has 4 nitrogen and oxygen atoms in total. The highest BCUT2D eigenvalue weighted by Gasteiger charge is 2.41. The highest BCUT2D eigenvalue weighted by atomic mass is 19.4. The Morgan fingerprint density at radius 3 is 2.14 bits per heavy atom. The maximum absolute atomic E-state index is 12.5. The monoisotopic (exact) mass is 323 g/mol. The lowest BCUT2D eigenvalue weighted by Gasteiger charge is -2.29. The lowest BCUT2D eigenvalue weighted by molar-refractivity contribution is -0.184. The molecule has 0 spiro atoms. The summed E-state index contributed by atoms with van der Waals surface area (Å²) in [6.07, 6.45) is -2.58. The Balaban J connectivity index is 2.26. The molecule has 22 heavy (non-hydrogen) atoms. The number of aliphatic carboxylic acids is 1. The first kappa shape index (κ1) is 18.8. The highest BCUT2D eigenvalue weighted by molar-refractivity contribution is 5.76. The van der Waals surface area contributed by atoms with Gasteiger partial charge >= 0.3 is 12.1 Å². The summed E-state index contributed by atoms with van der Waals surface area (Å²) in [5.41, 5.74) is -0.905. The standard InChI is InChI=1S/C15H24F3NO3/c1-14(2,13(21)22)7-8-19-12(20)9-10-3-5-11(6-4-10)15(16,17)18/h10-11H,3-9H2,1-2H3,(H,19,20)(H,21,22). The van der Waals surface area contributed by atoms with E-state index < -0.39 is 23.5 Å². The van der Waals surface area contributed by atoms with Crippen molar-refractivity contribution in [1.29, 1.82) is 0 Å². The normalized spacial score (nSPS) is 23.1. The first-order valence-corrected chi connectivity index (χ1v) is 7.59. The van der Waals surface area contributed by atoms with Crippen LogP contribution < -0.4 is 5.32 Å². The number of carboxylic acid groups (broad SMARTS) is 1. The van der Waals surface area contributed by atoms with E-state index in [4.69, 9.17) is 5.11 Å². The zero-order chi connectivity index (χ0) is 17.0. The second-order valence-electron chi connectivity index (χ2n) is 6.75. The van der Waals surface area contributed by atoms with Crippen molar-refractivity contribution >= 4 is 11.9 Å². The van der Waals surface area contributed by atoms with E-state index in [0.29, 0.717) is 19.3 Å². The first-order valence-electron chi connectivity index (χ1n) is 7.59. The number of halogens is 3. The van der Waals surface area contributed by atoms with Gasteiger partial charge in [-0.25, -0.2) is 0 Å². The number of hydrogen-bond acceptors (Lipinski definition) is 2. The first-order chi connectivity index (χ1) is 10.0. The molecule has 0 radical (unpaired) electrons. The number of rotatable bonds is 6. The molecule has 128 valence electrons. The van der Waals surface area contributed by atoms with Gasteiger partial charge in [-0.2, -0.15) is 13.2 Å². The van der Waals surface area contributed by atoms with Crippen molar-refractivity contribution < 1.29 is 27.9 Å². The molecule has 2 N–H and O–H groups in total. The molecule has 1 fully saturated rings. The van der Waals surface area contributed by atoms with Gasteiger partial charge in [0, 0.05) is 13.0 Å². The van der Waals surface area contributed by atoms with Gasteiger partial charge in [0.15, 0.2) is 0 Å². The van der Waals surface area contributed by atoms with Crippen molar-refractivity contribution in [1.82, 2.24) is 5.32 Å². The summed E-state index contributed by atoms with van der Waals surface area (Å²) < 4.78 is 37.6. The third-order valence-corrected chi connectivity index (χ3v) is 4.43. The molecular formula is C15H24F3NO3. The Morgan fingerprint density at radius 2 is 1.68 bits per heavy atom. The molecule has 0 aromatic rings. The molecule has 1 aliphatic rings. The SMILES string of the molecule is CC(C)(CCNC(=O)CC1CCC(C(F)(F)F)CC1)C(=O)O. The molecule has 0 bridgehead atoms. The summed E-state index contributed by atoms with van der Waals surface area (Å²) in [5, 5.41) is 11.6. The van der Waals surface area contributed by atoms with E-state index in [1.165, 1.54) is 0 Å². The zero-order valence-corrected chi connectivity index (χ0v) is 13.0. The molecule has 7 heteroatoms. The minimum absolute atomic E-state index is 0.00826. The van der Waals surface area contributed by atoms with Crippen LogP contribution in [0.1, 0.15) is 52.4 Å². The van der Waals surface area contributed by atoms with Crippen molar-refractivity contribution in [2.24, 2.45) is 17.3 Å². The van der Waals surface area contributed by atoms with Crippen molar-refractivity contribution in [2.75, 3.05) is 6.54 Å². The molecule has 1 aliphatic carbocycles. The average molecular weight is 323 g/mol. The van der Waals surface area contributed by atoms with Gasteiger partial charge in [-0.15, -0.1) is 0 Å². The van der Waals surface area contributed by atoms with Crippen LogP contribution in [0.5, 0.6) is 0 Å². The number of amides is 1.